The van der Waals surface area contributed by atoms with E-state index in [0.717, 1.165) is 5.56 Å². The Bertz CT molecular complexity index is 3520. The quantitative estimate of drug-likeness (QED) is 0.0316. The third-order valence-corrected chi connectivity index (χ3v) is 18.6. The van der Waals surface area contributed by atoms with Crippen molar-refractivity contribution in [3.63, 3.8) is 0 Å². The van der Waals surface area contributed by atoms with Crippen LogP contribution in [0.3, 0.4) is 0 Å². The minimum Gasteiger partial charge on any atom is -0.413 e. The van der Waals surface area contributed by atoms with Gasteiger partial charge in [0.05, 0.1) is 0 Å². The largest absolute Gasteiger partial charge is 0.460 e. The molecule has 0 radical (unpaired) electrons. The van der Waals surface area contributed by atoms with Gasteiger partial charge in [-0.1, -0.05) is 70.2 Å². The predicted molar refractivity (Wildman–Crippen MR) is 312 cm³/mol. The number of amides is 5. The van der Waals surface area contributed by atoms with E-state index in [1.54, 1.807) is 162 Å². The molecule has 6 aromatic carbocycles. The SMILES string of the molecule is C=C(C)C(=O)Nc1ccc(OP2(Oc3ccc(C)cc3)=NP(Oc3ccc(NC(=O)C(=C)C)cc3)(Oc3ccc(NC(=O)C(=C)C)cc3)=NP(Oc3ccc(NC(=O)C(=C)C)cc3)(Oc3cccc(NC(=O)C(=C)C)c3)=N2)cc1. The van der Waals surface area contributed by atoms with E-state index in [-0.39, 0.29) is 62.4 Å². The van der Waals surface area contributed by atoms with Crippen LogP contribution in [0.15, 0.2) is 220 Å². The van der Waals surface area contributed by atoms with Crippen LogP contribution in [-0.2, 0) is 24.0 Å². The molecule has 2 unspecified atom stereocenters. The lowest BCUT2D eigenvalue weighted by atomic mass is 10.2. The van der Waals surface area contributed by atoms with Gasteiger partial charge in [-0.2, -0.15) is 0 Å². The number of nitrogens with zero attached hydrogens (tertiary/aromatic N) is 3. The Balaban J connectivity index is 1.55. The zero-order chi connectivity index (χ0) is 57.1. The highest BCUT2D eigenvalue weighted by Crippen LogP contribution is 2.78. The second-order valence-corrected chi connectivity index (χ2v) is 24.1. The molecular formula is C57H57N8O11P3. The number of carbonyl (C=O) groups is 5. The molecule has 406 valence electrons. The zero-order valence-corrected chi connectivity index (χ0v) is 46.7. The normalized spacial score (nSPS) is 15.7. The summed E-state index contributed by atoms with van der Waals surface area (Å²) < 4.78 is 57.6. The van der Waals surface area contributed by atoms with E-state index in [9.17, 15) is 24.0 Å². The van der Waals surface area contributed by atoms with Crippen molar-refractivity contribution in [1.29, 1.82) is 0 Å². The summed E-state index contributed by atoms with van der Waals surface area (Å²) >= 11 is 0. The second kappa shape index (κ2) is 24.9. The van der Waals surface area contributed by atoms with Crippen LogP contribution >= 0.6 is 23.0 Å². The van der Waals surface area contributed by atoms with E-state index >= 15 is 0 Å². The van der Waals surface area contributed by atoms with Crippen molar-refractivity contribution in [2.24, 2.45) is 13.5 Å². The fourth-order valence-corrected chi connectivity index (χ4v) is 15.5. The molecule has 0 saturated carbocycles. The summed E-state index contributed by atoms with van der Waals surface area (Å²) in [6, 6.07) is 38.6. The van der Waals surface area contributed by atoms with Gasteiger partial charge in [0, 0.05) is 62.4 Å². The number of benzene rings is 6. The van der Waals surface area contributed by atoms with Crippen molar-refractivity contribution < 1.29 is 51.1 Å². The molecule has 1 heterocycles. The Hall–Kier alpha value is -9.14. The molecule has 19 nitrogen and oxygen atoms in total. The average Bonchev–Trinajstić information content (AvgIpc) is 3.60. The Morgan fingerprint density at radius 1 is 0.329 bits per heavy atom. The number of aryl methyl sites for hydroxylation is 1. The molecule has 0 aliphatic carbocycles. The number of nitrogens with one attached hydrogen (secondary N) is 5. The first kappa shape index (κ1) is 57.6. The molecule has 79 heavy (non-hydrogen) atoms. The van der Waals surface area contributed by atoms with Crippen LogP contribution < -0.4 is 53.7 Å². The summed E-state index contributed by atoms with van der Waals surface area (Å²) in [6.07, 6.45) is 0. The summed E-state index contributed by atoms with van der Waals surface area (Å²) in [4.78, 5) is 63.7. The van der Waals surface area contributed by atoms with Gasteiger partial charge >= 0.3 is 23.0 Å². The van der Waals surface area contributed by atoms with Gasteiger partial charge in [0.15, 0.2) is 0 Å². The van der Waals surface area contributed by atoms with Crippen LogP contribution in [0.2, 0.25) is 0 Å². The van der Waals surface area contributed by atoms with Gasteiger partial charge in [-0.05, 0) is 163 Å². The fraction of sp³-hybridized carbons (Fsp3) is 0.105. The molecule has 5 N–H and O–H groups in total. The molecule has 22 heteroatoms. The van der Waals surface area contributed by atoms with E-state index in [0.29, 0.717) is 28.4 Å². The lowest BCUT2D eigenvalue weighted by molar-refractivity contribution is -0.113. The standard InChI is InChI=1S/C57H57N8O11P3/c1-36(2)53(66)58-42-17-27-48(28-18-42)72-77(71-47-25-15-41(11)16-26-47)63-78(73-49-29-19-43(20-30-49)59-54(67)37(3)4,74-50-31-21-44(22-32-50)60-55(68)38(5)6)65-79(64-77,75-51-33-23-45(24-34-51)61-56(69)39(7)8)76-52-14-12-13-46(35-52)62-57(70)40(9)10/h12-35H,1,3,5,7,9H2,2,4,6,8,10-11H3,(H,58,66)(H,59,67)(H,60,68)(H,61,69)(H,62,70). The molecular weight excluding hydrogens is 1070 g/mol. The first-order chi connectivity index (χ1) is 37.5. The summed E-state index contributed by atoms with van der Waals surface area (Å²) in [6.45, 7) is 28.5. The molecule has 6 aromatic rings. The first-order valence-electron chi connectivity index (χ1n) is 24.0. The van der Waals surface area contributed by atoms with Crippen molar-refractivity contribution in [3.8, 4) is 34.5 Å². The summed E-state index contributed by atoms with van der Waals surface area (Å²) in [7, 11) is -13.6. The van der Waals surface area contributed by atoms with Crippen LogP contribution in [0.1, 0.15) is 40.2 Å². The molecule has 1 aliphatic heterocycles. The maximum atomic E-state index is 13.0. The van der Waals surface area contributed by atoms with E-state index < -0.39 is 52.5 Å². The lowest BCUT2D eigenvalue weighted by Crippen LogP contribution is -2.13. The Kier molecular flexibility index (Phi) is 18.1. The number of hydrogen-bond donors (Lipinski definition) is 5. The van der Waals surface area contributed by atoms with E-state index in [2.05, 4.69) is 59.5 Å². The second-order valence-electron chi connectivity index (χ2n) is 17.9. The molecule has 2 atom stereocenters. The number of anilines is 5. The van der Waals surface area contributed by atoms with E-state index in [1.165, 1.54) is 6.07 Å². The lowest BCUT2D eigenvalue weighted by Gasteiger charge is -2.33. The Morgan fingerprint density at radius 2 is 0.557 bits per heavy atom. The molecule has 5 amide bonds. The number of rotatable bonds is 22. The zero-order valence-electron chi connectivity index (χ0n) is 44.1. The highest BCUT2D eigenvalue weighted by atomic mass is 31.3. The molecule has 0 spiro atoms. The smallest absolute Gasteiger partial charge is 0.413 e. The summed E-state index contributed by atoms with van der Waals surface area (Å²) in [5, 5.41) is 13.9. The molecule has 0 saturated heterocycles. The average molecular weight is 1120 g/mol. The van der Waals surface area contributed by atoms with Crippen molar-refractivity contribution in [2.75, 3.05) is 26.6 Å². The van der Waals surface area contributed by atoms with Gasteiger partial charge in [0.25, 0.3) is 29.5 Å². The van der Waals surface area contributed by atoms with E-state index in [4.69, 9.17) is 40.7 Å². The Morgan fingerprint density at radius 3 is 0.810 bits per heavy atom. The van der Waals surface area contributed by atoms with Crippen molar-refractivity contribution in [2.45, 2.75) is 41.5 Å². The van der Waals surface area contributed by atoms with Gasteiger partial charge in [-0.15, -0.1) is 0 Å². The van der Waals surface area contributed by atoms with Crippen molar-refractivity contribution in [3.05, 3.63) is 212 Å². The van der Waals surface area contributed by atoms with Gasteiger partial charge in [-0.25, -0.2) is 0 Å². The molecule has 0 bridgehead atoms. The van der Waals surface area contributed by atoms with Crippen LogP contribution in [0, 0.1) is 6.92 Å². The molecule has 7 rings (SSSR count). The van der Waals surface area contributed by atoms with E-state index in [1.807, 2.05) is 19.1 Å². The van der Waals surface area contributed by atoms with Crippen LogP contribution in [0.25, 0.3) is 0 Å². The molecule has 0 fully saturated rings. The number of hydrogen-bond acceptors (Lipinski definition) is 14. The maximum absolute atomic E-state index is 13.0. The van der Waals surface area contributed by atoms with Crippen LogP contribution in [-0.4, -0.2) is 29.5 Å². The summed E-state index contributed by atoms with van der Waals surface area (Å²) in [5.74, 6) is -1.30. The van der Waals surface area contributed by atoms with Gasteiger partial charge < -0.3 is 53.7 Å². The highest BCUT2D eigenvalue weighted by Gasteiger charge is 2.49. The minimum atomic E-state index is -4.56. The monoisotopic (exact) mass is 1120 g/mol. The predicted octanol–water partition coefficient (Wildman–Crippen LogP) is 15.2. The van der Waals surface area contributed by atoms with Crippen molar-refractivity contribution >= 4 is 80.9 Å². The fourth-order valence-electron chi connectivity index (χ4n) is 6.40. The van der Waals surface area contributed by atoms with Crippen molar-refractivity contribution in [1.82, 2.24) is 0 Å². The van der Waals surface area contributed by atoms with Gasteiger partial charge in [0.1, 0.15) is 34.5 Å². The van der Waals surface area contributed by atoms with Gasteiger partial charge in [-0.3, -0.25) is 24.0 Å². The number of carbonyl (C=O) groups excluding carboxylic acids is 5. The first-order valence-corrected chi connectivity index (χ1v) is 28.6. The Labute approximate surface area is 458 Å². The van der Waals surface area contributed by atoms with Crippen LogP contribution in [0.5, 0.6) is 34.5 Å². The minimum absolute atomic E-state index is 0.0759. The third-order valence-electron chi connectivity index (χ3n) is 10.5. The highest BCUT2D eigenvalue weighted by molar-refractivity contribution is 7.79. The third kappa shape index (κ3) is 16.0. The molecule has 0 aromatic heterocycles. The van der Waals surface area contributed by atoms with Crippen LogP contribution in [0.4, 0.5) is 28.4 Å². The summed E-state index contributed by atoms with van der Waals surface area (Å²) in [5.41, 5.74) is 4.19. The topological polar surface area (TPSA) is 238 Å². The molecule has 1 aliphatic rings. The van der Waals surface area contributed by atoms with Gasteiger partial charge in [0.2, 0.25) is 0 Å². The maximum Gasteiger partial charge on any atom is 0.460 e.